The summed E-state index contributed by atoms with van der Waals surface area (Å²) in [6.07, 6.45) is 1.76. The van der Waals surface area contributed by atoms with E-state index in [4.69, 9.17) is 0 Å². The van der Waals surface area contributed by atoms with Crippen LogP contribution in [-0.2, 0) is 4.79 Å². The molecular weight excluding hydrogens is 202 g/mol. The Balaban J connectivity index is 2.38. The third-order valence-electron chi connectivity index (χ3n) is 2.84. The molecule has 1 aromatic heterocycles. The Morgan fingerprint density at radius 2 is 2.19 bits per heavy atom. The molecule has 0 N–H and O–H groups in total. The van der Waals surface area contributed by atoms with E-state index in [1.165, 1.54) is 0 Å². The van der Waals surface area contributed by atoms with Crippen molar-refractivity contribution in [2.75, 3.05) is 29.9 Å². The lowest BCUT2D eigenvalue weighted by Gasteiger charge is -2.35. The average Bonchev–Trinajstić information content (AvgIpc) is 2.29. The van der Waals surface area contributed by atoms with Crippen LogP contribution in [0.25, 0.3) is 0 Å². The van der Waals surface area contributed by atoms with Crippen LogP contribution in [0.15, 0.2) is 18.3 Å². The molecule has 0 radical (unpaired) electrons. The number of likely N-dealkylation sites (N-methyl/N-ethyl adjacent to an activating group) is 1. The maximum atomic E-state index is 12.0. The molecule has 0 aliphatic carbocycles. The molecule has 1 aliphatic heterocycles. The Morgan fingerprint density at radius 1 is 1.44 bits per heavy atom. The van der Waals surface area contributed by atoms with Gasteiger partial charge in [-0.05, 0) is 12.1 Å². The molecule has 0 unspecified atom stereocenters. The van der Waals surface area contributed by atoms with Crippen LogP contribution in [0, 0.1) is 5.92 Å². The van der Waals surface area contributed by atoms with Crippen LogP contribution in [0.3, 0.4) is 0 Å². The Morgan fingerprint density at radius 3 is 2.88 bits per heavy atom. The van der Waals surface area contributed by atoms with Crippen molar-refractivity contribution in [1.29, 1.82) is 0 Å². The summed E-state index contributed by atoms with van der Waals surface area (Å²) in [6, 6.07) is 3.83. The minimum absolute atomic E-state index is 0.0245. The number of carbonyl (C=O) groups excluding carboxylic acids is 1. The number of nitrogens with zero attached hydrogens (tertiary/aromatic N) is 3. The fraction of sp³-hybridized carbons (Fsp3) is 0.500. The Kier molecular flexibility index (Phi) is 2.81. The van der Waals surface area contributed by atoms with Crippen molar-refractivity contribution < 1.29 is 4.79 Å². The van der Waals surface area contributed by atoms with Crippen LogP contribution in [-0.4, -0.2) is 31.0 Å². The molecule has 0 saturated heterocycles. The molecule has 0 fully saturated rings. The Labute approximate surface area is 95.9 Å². The van der Waals surface area contributed by atoms with Gasteiger partial charge >= 0.3 is 0 Å². The number of amides is 1. The van der Waals surface area contributed by atoms with E-state index in [0.29, 0.717) is 0 Å². The molecule has 1 aromatic rings. The van der Waals surface area contributed by atoms with Crippen LogP contribution in [0.5, 0.6) is 0 Å². The highest BCUT2D eigenvalue weighted by atomic mass is 16.2. The first-order valence-corrected chi connectivity index (χ1v) is 5.59. The van der Waals surface area contributed by atoms with E-state index in [0.717, 1.165) is 24.6 Å². The quantitative estimate of drug-likeness (QED) is 0.718. The van der Waals surface area contributed by atoms with Crippen molar-refractivity contribution in [3.63, 3.8) is 0 Å². The Bertz CT molecular complexity index is 403. The molecule has 0 atom stereocenters. The van der Waals surface area contributed by atoms with Crippen molar-refractivity contribution in [2.45, 2.75) is 13.8 Å². The van der Waals surface area contributed by atoms with Gasteiger partial charge in [-0.3, -0.25) is 4.79 Å². The molecule has 0 aromatic carbocycles. The molecule has 2 rings (SSSR count). The van der Waals surface area contributed by atoms with Gasteiger partial charge < -0.3 is 9.80 Å². The summed E-state index contributed by atoms with van der Waals surface area (Å²) < 4.78 is 0. The van der Waals surface area contributed by atoms with Crippen molar-refractivity contribution >= 4 is 17.4 Å². The highest BCUT2D eigenvalue weighted by Crippen LogP contribution is 2.30. The van der Waals surface area contributed by atoms with Crippen LogP contribution in [0.2, 0.25) is 0 Å². The van der Waals surface area contributed by atoms with E-state index < -0.39 is 0 Å². The Hall–Kier alpha value is -1.58. The topological polar surface area (TPSA) is 36.4 Å². The molecule has 16 heavy (non-hydrogen) atoms. The SMILES string of the molecule is CC(C)C(=O)N1CCN(C)c2ncccc21. The molecule has 4 heteroatoms. The predicted molar refractivity (Wildman–Crippen MR) is 64.7 cm³/mol. The van der Waals surface area contributed by atoms with Crippen molar-refractivity contribution in [3.05, 3.63) is 18.3 Å². The van der Waals surface area contributed by atoms with E-state index in [1.807, 2.05) is 37.9 Å². The van der Waals surface area contributed by atoms with Gasteiger partial charge in [0.05, 0.1) is 5.69 Å². The molecule has 4 nitrogen and oxygen atoms in total. The fourth-order valence-electron chi connectivity index (χ4n) is 1.91. The van der Waals surface area contributed by atoms with E-state index in [1.54, 1.807) is 6.20 Å². The molecule has 0 spiro atoms. The number of hydrogen-bond acceptors (Lipinski definition) is 3. The lowest BCUT2D eigenvalue weighted by Crippen LogP contribution is -2.44. The van der Waals surface area contributed by atoms with E-state index >= 15 is 0 Å². The van der Waals surface area contributed by atoms with E-state index in [9.17, 15) is 4.79 Å². The summed E-state index contributed by atoms with van der Waals surface area (Å²) in [7, 11) is 2.00. The summed E-state index contributed by atoms with van der Waals surface area (Å²) in [5.74, 6) is 1.08. The first kappa shape index (κ1) is 10.9. The highest BCUT2D eigenvalue weighted by Gasteiger charge is 2.26. The first-order valence-electron chi connectivity index (χ1n) is 5.59. The molecule has 2 heterocycles. The largest absolute Gasteiger partial charge is 0.356 e. The van der Waals surface area contributed by atoms with Crippen LogP contribution >= 0.6 is 0 Å². The summed E-state index contributed by atoms with van der Waals surface area (Å²) in [6.45, 7) is 5.43. The first-order chi connectivity index (χ1) is 7.61. The minimum atomic E-state index is 0.0245. The number of pyridine rings is 1. The maximum Gasteiger partial charge on any atom is 0.229 e. The number of hydrogen-bond donors (Lipinski definition) is 0. The van der Waals surface area contributed by atoms with Gasteiger partial charge in [0.15, 0.2) is 5.82 Å². The molecule has 0 saturated carbocycles. The van der Waals surface area contributed by atoms with Gasteiger partial charge in [-0.1, -0.05) is 13.8 Å². The van der Waals surface area contributed by atoms with Crippen LogP contribution < -0.4 is 9.80 Å². The normalized spacial score (nSPS) is 15.2. The number of rotatable bonds is 1. The van der Waals surface area contributed by atoms with Crippen LogP contribution in [0.4, 0.5) is 11.5 Å². The summed E-state index contributed by atoms with van der Waals surface area (Å²) >= 11 is 0. The molecular formula is C12H17N3O. The van der Waals surface area contributed by atoms with Gasteiger partial charge in [-0.2, -0.15) is 0 Å². The highest BCUT2D eigenvalue weighted by molar-refractivity contribution is 5.98. The molecule has 1 aliphatic rings. The number of aromatic nitrogens is 1. The van der Waals surface area contributed by atoms with Gasteiger partial charge in [0.25, 0.3) is 0 Å². The molecule has 86 valence electrons. The van der Waals surface area contributed by atoms with Gasteiger partial charge in [0.2, 0.25) is 5.91 Å². The number of fused-ring (bicyclic) bond motifs is 1. The van der Waals surface area contributed by atoms with Crippen LogP contribution in [0.1, 0.15) is 13.8 Å². The van der Waals surface area contributed by atoms with Crippen molar-refractivity contribution in [1.82, 2.24) is 4.98 Å². The van der Waals surface area contributed by atoms with Gasteiger partial charge in [0, 0.05) is 32.3 Å². The summed E-state index contributed by atoms with van der Waals surface area (Å²) in [5.41, 5.74) is 0.926. The zero-order valence-corrected chi connectivity index (χ0v) is 9.97. The average molecular weight is 219 g/mol. The van der Waals surface area contributed by atoms with Gasteiger partial charge in [0.1, 0.15) is 0 Å². The maximum absolute atomic E-state index is 12.0. The van der Waals surface area contributed by atoms with Gasteiger partial charge in [-0.25, -0.2) is 4.98 Å². The zero-order chi connectivity index (χ0) is 11.7. The fourth-order valence-corrected chi connectivity index (χ4v) is 1.91. The third kappa shape index (κ3) is 1.75. The predicted octanol–water partition coefficient (Wildman–Crippen LogP) is 1.52. The van der Waals surface area contributed by atoms with E-state index in [-0.39, 0.29) is 11.8 Å². The lowest BCUT2D eigenvalue weighted by molar-refractivity contribution is -0.121. The van der Waals surface area contributed by atoms with Crippen molar-refractivity contribution in [2.24, 2.45) is 5.92 Å². The second-order valence-electron chi connectivity index (χ2n) is 4.41. The zero-order valence-electron chi connectivity index (χ0n) is 9.97. The monoisotopic (exact) mass is 219 g/mol. The molecule has 0 bridgehead atoms. The molecule has 1 amide bonds. The van der Waals surface area contributed by atoms with Gasteiger partial charge in [-0.15, -0.1) is 0 Å². The summed E-state index contributed by atoms with van der Waals surface area (Å²) in [4.78, 5) is 20.3. The second-order valence-corrected chi connectivity index (χ2v) is 4.41. The lowest BCUT2D eigenvalue weighted by atomic mass is 10.1. The van der Waals surface area contributed by atoms with Crippen molar-refractivity contribution in [3.8, 4) is 0 Å². The minimum Gasteiger partial charge on any atom is -0.356 e. The third-order valence-corrected chi connectivity index (χ3v) is 2.84. The summed E-state index contributed by atoms with van der Waals surface area (Å²) in [5, 5.41) is 0. The van der Waals surface area contributed by atoms with E-state index in [2.05, 4.69) is 9.88 Å². The number of anilines is 2. The number of carbonyl (C=O) groups is 1. The second kappa shape index (κ2) is 4.12. The smallest absolute Gasteiger partial charge is 0.229 e. The standard InChI is InChI=1S/C12H17N3O/c1-9(2)12(16)15-8-7-14(3)11-10(15)5-4-6-13-11/h4-6,9H,7-8H2,1-3H3.